The maximum Gasteiger partial charge on any atom is 0.227 e. The van der Waals surface area contributed by atoms with Gasteiger partial charge in [-0.1, -0.05) is 123 Å². The molecular formula is C110H119N7O5. The highest BCUT2D eigenvalue weighted by atomic mass is 16.3. The third-order valence-corrected chi connectivity index (χ3v) is 32.7. The van der Waals surface area contributed by atoms with E-state index in [2.05, 4.69) is 271 Å². The van der Waals surface area contributed by atoms with E-state index in [0.717, 1.165) is 107 Å². The average molecular weight is 1620 g/mol. The highest BCUT2D eigenvalue weighted by Crippen LogP contribution is 2.61. The van der Waals surface area contributed by atoms with E-state index in [9.17, 15) is 2.74 Å². The first-order valence-corrected chi connectivity index (χ1v) is 45.8. The number of anilines is 5. The largest absolute Gasteiger partial charge is 0.456 e. The van der Waals surface area contributed by atoms with Gasteiger partial charge < -0.3 is 46.6 Å². The molecule has 9 fully saturated rings. The van der Waals surface area contributed by atoms with Crippen molar-refractivity contribution in [1.82, 2.24) is 9.88 Å². The van der Waals surface area contributed by atoms with Gasteiger partial charge in [-0.2, -0.15) is 0 Å². The summed E-state index contributed by atoms with van der Waals surface area (Å²) >= 11 is 0. The molecule has 5 saturated heterocycles. The standard InChI is InChI=1S/C26H27N3O.C22H25NO.2C21H23NO.C20H21NO/c1-15-9-11-20-21-12-10-16(2)27-26(21)30-25(20)24(15)29-17(3)28(4)22-13-14-23(29)19-8-6-5-7-18(19)22;1-14-11-20-17(16-7-5-6-8-19(16)24-20)12-18(14)23-15(2)21(3)9-10-22(23,4)13-21;1-13-10-20-17(16-6-4-5-7-19(16)23-20)11-18(13)22-14(2)21(3)9-8-15(22)12-21;1-13-10-20-17(16-6-4-5-7-19(16)23-20)11-18(13)22-14(2)15-8-9-21(22,3)12-15;1-12-9-20-17(16-5-3-4-6-19(16)22-20)11-18(12)21-13(2)14-7-8-15(21)10-14/h5-12,17,22-23H,13-14H2,1-4H3;5-8,11-12,15H,9-10,13H2,1-4H3;2*4-7,10-11,14-15H,8-9,12H2,1-3H3;3-6,9,11,13-15H,7-8,10H2,1-2H3/i22D,23D;;;;. The highest BCUT2D eigenvalue weighted by Gasteiger charge is 2.59. The van der Waals surface area contributed by atoms with Gasteiger partial charge in [0.15, 0.2) is 5.58 Å². The second-order valence-electron chi connectivity index (χ2n) is 40.0. The SMILES string of the molecule is Cc1cc2oc3ccccc3c2cc1N1C(C)C2(C)CCC1(C)C2.Cc1cc2oc3ccccc3c2cc1N1C(C)C2CCC1(C)C2.Cc1cc2oc3ccccc3c2cc1N1C2CCC(C)(C2)C1C.Cc1cc2oc3ccccc3c2cc1N1C2CCC(C2)C1C.[2H]C12CCC([2H])(c3ccccc31)N(c1c(C)ccc3c1oc1nc(C)ccc13)C(C)N2C. The van der Waals surface area contributed by atoms with Crippen LogP contribution in [0.25, 0.3) is 110 Å². The van der Waals surface area contributed by atoms with Crippen LogP contribution in [0.5, 0.6) is 0 Å². The highest BCUT2D eigenvalue weighted by molar-refractivity contribution is 6.11. The predicted molar refractivity (Wildman–Crippen MR) is 506 cm³/mol. The van der Waals surface area contributed by atoms with Crippen LogP contribution < -0.4 is 24.5 Å². The van der Waals surface area contributed by atoms with Crippen LogP contribution in [0, 0.1) is 64.2 Å². The molecule has 15 unspecified atom stereocenters. The van der Waals surface area contributed by atoms with Crippen molar-refractivity contribution in [3.05, 3.63) is 239 Å². The van der Waals surface area contributed by atoms with Crippen molar-refractivity contribution in [2.45, 2.75) is 259 Å². The van der Waals surface area contributed by atoms with Gasteiger partial charge in [0.05, 0.1) is 20.6 Å². The lowest BCUT2D eigenvalue weighted by Gasteiger charge is -2.45. The van der Waals surface area contributed by atoms with Crippen LogP contribution in [-0.4, -0.2) is 70.4 Å². The number of fused-ring (bicyclic) bond motifs is 26. The molecule has 11 aliphatic rings. The van der Waals surface area contributed by atoms with Crippen LogP contribution in [0.2, 0.25) is 0 Å². The van der Waals surface area contributed by atoms with Crippen LogP contribution in [0.1, 0.15) is 212 Å². The number of benzene rings is 10. The maximum absolute atomic E-state index is 9.83. The Balaban J connectivity index is 0.0000000928. The molecule has 27 rings (SSSR count). The summed E-state index contributed by atoms with van der Waals surface area (Å²) in [6, 6.07) is 70.3. The van der Waals surface area contributed by atoms with Crippen LogP contribution in [0.3, 0.4) is 0 Å². The van der Waals surface area contributed by atoms with Crippen molar-refractivity contribution in [2.24, 2.45) is 22.7 Å². The molecule has 122 heavy (non-hydrogen) atoms. The second-order valence-corrected chi connectivity index (χ2v) is 40.0. The summed E-state index contributed by atoms with van der Waals surface area (Å²) in [5.74, 6) is 1.75. The first kappa shape index (κ1) is 75.1. The minimum absolute atomic E-state index is 0.174. The molecule has 15 atom stereocenters. The molecule has 12 heterocycles. The number of aromatic nitrogens is 1. The van der Waals surface area contributed by atoms with Gasteiger partial charge in [0.2, 0.25) is 5.71 Å². The van der Waals surface area contributed by atoms with E-state index >= 15 is 0 Å². The number of furan rings is 5. The minimum atomic E-state index is -0.993. The van der Waals surface area contributed by atoms with Crippen molar-refractivity contribution >= 4 is 138 Å². The Labute approximate surface area is 720 Å². The molecule has 4 saturated carbocycles. The van der Waals surface area contributed by atoms with E-state index in [1.807, 2.05) is 68.6 Å². The third kappa shape index (κ3) is 12.0. The minimum Gasteiger partial charge on any atom is -0.456 e. The fraction of sp³-hybridized carbons (Fsp3) is 0.409. The van der Waals surface area contributed by atoms with Gasteiger partial charge >= 0.3 is 0 Å². The summed E-state index contributed by atoms with van der Waals surface area (Å²) in [6.45, 7) is 34.6. The molecule has 0 radical (unpaired) electrons. The van der Waals surface area contributed by atoms with Crippen LogP contribution >= 0.6 is 0 Å². The Morgan fingerprint density at radius 1 is 0.369 bits per heavy atom. The Morgan fingerprint density at radius 3 is 1.38 bits per heavy atom. The first-order chi connectivity index (χ1) is 59.5. The van der Waals surface area contributed by atoms with E-state index in [4.69, 9.17) is 22.1 Å². The van der Waals surface area contributed by atoms with Crippen LogP contribution in [-0.2, 0) is 0 Å². The molecule has 0 amide bonds. The Kier molecular flexibility index (Phi) is 17.5. The first-order valence-electron chi connectivity index (χ1n) is 46.8. The third-order valence-electron chi connectivity index (χ3n) is 32.7. The maximum atomic E-state index is 9.83. The normalized spacial score (nSPS) is 29.9. The van der Waals surface area contributed by atoms with Gasteiger partial charge in [-0.25, -0.2) is 4.98 Å². The zero-order valence-corrected chi connectivity index (χ0v) is 74.2. The average Bonchev–Trinajstić information content (AvgIpc) is 1.52. The molecule has 16 aromatic rings. The summed E-state index contributed by atoms with van der Waals surface area (Å²) in [5, 5.41) is 11.9. The molecule has 5 aliphatic carbocycles. The van der Waals surface area contributed by atoms with Gasteiger partial charge in [-0.05, 0) is 333 Å². The van der Waals surface area contributed by atoms with Crippen molar-refractivity contribution in [3.63, 3.8) is 0 Å². The van der Waals surface area contributed by atoms with Crippen molar-refractivity contribution in [2.75, 3.05) is 31.5 Å². The number of pyridine rings is 1. The van der Waals surface area contributed by atoms with E-state index in [1.54, 1.807) is 0 Å². The van der Waals surface area contributed by atoms with Gasteiger partial charge in [-0.15, -0.1) is 0 Å². The fourth-order valence-corrected chi connectivity index (χ4v) is 25.9. The van der Waals surface area contributed by atoms with Crippen molar-refractivity contribution in [1.29, 1.82) is 0 Å². The number of hydrogen-bond donors (Lipinski definition) is 0. The van der Waals surface area contributed by atoms with E-state index in [-0.39, 0.29) is 6.17 Å². The fourth-order valence-electron chi connectivity index (χ4n) is 25.9. The zero-order chi connectivity index (χ0) is 85.5. The molecule has 12 heteroatoms. The lowest BCUT2D eigenvalue weighted by molar-refractivity contribution is 0.191. The van der Waals surface area contributed by atoms with E-state index in [1.165, 1.54) is 165 Å². The van der Waals surface area contributed by atoms with E-state index in [0.29, 0.717) is 70.7 Å². The number of piperidine rings is 4. The summed E-state index contributed by atoms with van der Waals surface area (Å²) in [4.78, 5) is 19.7. The molecule has 624 valence electrons. The van der Waals surface area contributed by atoms with Crippen LogP contribution in [0.15, 0.2) is 216 Å². The molecule has 12 nitrogen and oxygen atoms in total. The number of para-hydroxylation sites is 4. The summed E-state index contributed by atoms with van der Waals surface area (Å²) in [7, 11) is 2.01. The summed E-state index contributed by atoms with van der Waals surface area (Å²) in [5.41, 5.74) is 26.7. The molecule has 0 spiro atoms. The van der Waals surface area contributed by atoms with Gasteiger partial charge in [0, 0.05) is 136 Å². The van der Waals surface area contributed by atoms with Gasteiger partial charge in [0.1, 0.15) is 44.7 Å². The van der Waals surface area contributed by atoms with Gasteiger partial charge in [0.25, 0.3) is 0 Å². The smallest absolute Gasteiger partial charge is 0.227 e. The second kappa shape index (κ2) is 28.4. The van der Waals surface area contributed by atoms with Crippen molar-refractivity contribution < 1.29 is 24.8 Å². The quantitative estimate of drug-likeness (QED) is 0.164. The molecule has 10 aromatic carbocycles. The number of rotatable bonds is 5. The monoisotopic (exact) mass is 1620 g/mol. The predicted octanol–water partition coefficient (Wildman–Crippen LogP) is 28.9. The summed E-state index contributed by atoms with van der Waals surface area (Å²) in [6.07, 6.45) is 17.3. The lowest BCUT2D eigenvalue weighted by Crippen LogP contribution is -2.48. The Bertz CT molecular complexity index is 7010. The summed E-state index contributed by atoms with van der Waals surface area (Å²) < 4.78 is 49.8. The number of nitrogens with zero attached hydrogens (tertiary/aromatic N) is 7. The Morgan fingerprint density at radius 2 is 0.869 bits per heavy atom. The molecule has 6 aliphatic heterocycles. The molecule has 6 aromatic heterocycles. The van der Waals surface area contributed by atoms with E-state index < -0.39 is 12.0 Å². The molecular weight excluding hydrogens is 1500 g/mol. The number of hydrogen-bond acceptors (Lipinski definition) is 12. The lowest BCUT2D eigenvalue weighted by atomic mass is 9.82. The van der Waals surface area contributed by atoms with Crippen LogP contribution in [0.4, 0.5) is 28.4 Å². The zero-order valence-electron chi connectivity index (χ0n) is 76.2. The number of aryl methyl sites for hydroxylation is 6. The topological polar surface area (TPSA) is 98.0 Å². The van der Waals surface area contributed by atoms with Gasteiger partial charge in [-0.3, -0.25) is 4.90 Å². The van der Waals surface area contributed by atoms with Crippen molar-refractivity contribution in [3.8, 4) is 0 Å². The Hall–Kier alpha value is -10.7. The molecule has 0 N–H and O–H groups in total. The molecule has 10 bridgehead atoms.